The highest BCUT2D eigenvalue weighted by molar-refractivity contribution is 7.22. The molecule has 1 aliphatic carbocycles. The van der Waals surface area contributed by atoms with Crippen molar-refractivity contribution < 1.29 is 4.79 Å². The summed E-state index contributed by atoms with van der Waals surface area (Å²) in [6.07, 6.45) is 3.74. The summed E-state index contributed by atoms with van der Waals surface area (Å²) in [5.74, 6) is 0.732. The van der Waals surface area contributed by atoms with Gasteiger partial charge in [-0.3, -0.25) is 4.79 Å². The van der Waals surface area contributed by atoms with Gasteiger partial charge in [-0.1, -0.05) is 42.8 Å². The zero-order chi connectivity index (χ0) is 21.5. The molecule has 1 amide bonds. The van der Waals surface area contributed by atoms with Crippen molar-refractivity contribution in [1.29, 1.82) is 0 Å². The van der Waals surface area contributed by atoms with Crippen molar-refractivity contribution in [3.8, 4) is 10.6 Å². The number of thiazole rings is 1. The number of aryl methyl sites for hydroxylation is 2. The van der Waals surface area contributed by atoms with Crippen LogP contribution in [0.25, 0.3) is 20.8 Å². The fourth-order valence-corrected chi connectivity index (χ4v) is 6.92. The van der Waals surface area contributed by atoms with E-state index in [1.165, 1.54) is 27.1 Å². The van der Waals surface area contributed by atoms with Gasteiger partial charge in [0.2, 0.25) is 5.91 Å². The smallest absolute Gasteiger partial charge is 0.229 e. The molecule has 0 saturated carbocycles. The van der Waals surface area contributed by atoms with E-state index in [0.29, 0.717) is 12.3 Å². The van der Waals surface area contributed by atoms with Crippen LogP contribution in [0.3, 0.4) is 0 Å². The Balaban J connectivity index is 1.52. The normalized spacial score (nSPS) is 15.8. The molecule has 0 bridgehead atoms. The highest BCUT2D eigenvalue weighted by Crippen LogP contribution is 2.47. The second-order valence-electron chi connectivity index (χ2n) is 8.70. The van der Waals surface area contributed by atoms with Gasteiger partial charge in [0.15, 0.2) is 0 Å². The molecular formula is C26H26N2OS2. The van der Waals surface area contributed by atoms with Crippen molar-refractivity contribution in [3.05, 3.63) is 69.6 Å². The number of aromatic nitrogens is 1. The van der Waals surface area contributed by atoms with E-state index in [9.17, 15) is 4.79 Å². The van der Waals surface area contributed by atoms with Crippen molar-refractivity contribution in [3.63, 3.8) is 0 Å². The van der Waals surface area contributed by atoms with Crippen LogP contribution in [0.15, 0.2) is 42.5 Å². The maximum atomic E-state index is 13.1. The van der Waals surface area contributed by atoms with Crippen LogP contribution in [-0.4, -0.2) is 10.9 Å². The second-order valence-corrected chi connectivity index (χ2v) is 10.8. The first-order valence-electron chi connectivity index (χ1n) is 10.8. The van der Waals surface area contributed by atoms with Gasteiger partial charge in [-0.2, -0.15) is 0 Å². The van der Waals surface area contributed by atoms with Gasteiger partial charge in [0.05, 0.1) is 16.6 Å². The van der Waals surface area contributed by atoms with Crippen LogP contribution in [0.4, 0.5) is 5.00 Å². The number of amides is 1. The van der Waals surface area contributed by atoms with E-state index in [-0.39, 0.29) is 5.91 Å². The van der Waals surface area contributed by atoms with E-state index >= 15 is 0 Å². The lowest BCUT2D eigenvalue weighted by Gasteiger charge is -2.18. The minimum Gasteiger partial charge on any atom is -0.317 e. The Bertz CT molecular complexity index is 1250. The summed E-state index contributed by atoms with van der Waals surface area (Å²) < 4.78 is 1.19. The SMILES string of the molecule is Cc1ccc(C)c(CC(=O)Nc2sc3c(c2-c2nc4ccccc4s2)CC[C@@H](C)C3)c1. The fourth-order valence-electron chi connectivity index (χ4n) is 4.38. The van der Waals surface area contributed by atoms with Gasteiger partial charge < -0.3 is 5.32 Å². The molecule has 0 aliphatic heterocycles. The molecule has 0 spiro atoms. The van der Waals surface area contributed by atoms with Crippen LogP contribution in [0.5, 0.6) is 0 Å². The molecule has 0 radical (unpaired) electrons. The van der Waals surface area contributed by atoms with Crippen LogP contribution >= 0.6 is 22.7 Å². The molecule has 1 atom stereocenters. The third-order valence-corrected chi connectivity index (χ3v) is 8.35. The average Bonchev–Trinajstić information content (AvgIpc) is 3.30. The molecule has 158 valence electrons. The number of para-hydroxylation sites is 1. The Hall–Kier alpha value is -2.50. The summed E-state index contributed by atoms with van der Waals surface area (Å²) in [5, 5.41) is 5.26. The van der Waals surface area contributed by atoms with Gasteiger partial charge in [-0.05, 0) is 67.9 Å². The largest absolute Gasteiger partial charge is 0.317 e. The molecule has 2 heterocycles. The highest BCUT2D eigenvalue weighted by atomic mass is 32.1. The van der Waals surface area contributed by atoms with Gasteiger partial charge in [0.1, 0.15) is 10.0 Å². The number of nitrogens with one attached hydrogen (secondary N) is 1. The minimum absolute atomic E-state index is 0.0442. The van der Waals surface area contributed by atoms with E-state index in [1.807, 2.05) is 6.07 Å². The quantitative estimate of drug-likeness (QED) is 0.369. The maximum absolute atomic E-state index is 13.1. The van der Waals surface area contributed by atoms with Crippen molar-refractivity contribution in [2.75, 3.05) is 5.32 Å². The lowest BCUT2D eigenvalue weighted by atomic mass is 9.88. The van der Waals surface area contributed by atoms with Crippen molar-refractivity contribution in [2.45, 2.75) is 46.5 Å². The van der Waals surface area contributed by atoms with Gasteiger partial charge in [-0.25, -0.2) is 4.98 Å². The third-order valence-electron chi connectivity index (χ3n) is 6.13. The van der Waals surface area contributed by atoms with Crippen molar-refractivity contribution in [1.82, 2.24) is 4.98 Å². The van der Waals surface area contributed by atoms with E-state index < -0.39 is 0 Å². The molecular weight excluding hydrogens is 420 g/mol. The van der Waals surface area contributed by atoms with Crippen molar-refractivity contribution in [2.24, 2.45) is 5.92 Å². The summed E-state index contributed by atoms with van der Waals surface area (Å²) in [4.78, 5) is 19.4. The number of hydrogen-bond donors (Lipinski definition) is 1. The number of carbonyl (C=O) groups is 1. The molecule has 1 N–H and O–H groups in total. The van der Waals surface area contributed by atoms with Gasteiger partial charge in [-0.15, -0.1) is 22.7 Å². The number of hydrogen-bond acceptors (Lipinski definition) is 4. The monoisotopic (exact) mass is 446 g/mol. The highest BCUT2D eigenvalue weighted by Gasteiger charge is 2.27. The molecule has 2 aromatic carbocycles. The first-order valence-corrected chi connectivity index (χ1v) is 12.5. The van der Waals surface area contributed by atoms with Gasteiger partial charge in [0, 0.05) is 10.4 Å². The Morgan fingerprint density at radius 1 is 1.16 bits per heavy atom. The van der Waals surface area contributed by atoms with E-state index in [2.05, 4.69) is 62.5 Å². The molecule has 31 heavy (non-hydrogen) atoms. The Kier molecular flexibility index (Phi) is 5.40. The molecule has 1 aliphatic rings. The number of carbonyl (C=O) groups excluding carboxylic acids is 1. The number of benzene rings is 2. The van der Waals surface area contributed by atoms with Crippen LogP contribution in [0.1, 0.15) is 40.5 Å². The van der Waals surface area contributed by atoms with E-state index in [4.69, 9.17) is 4.98 Å². The minimum atomic E-state index is 0.0442. The molecule has 0 saturated heterocycles. The number of rotatable bonds is 4. The number of thiophene rings is 1. The fraction of sp³-hybridized carbons (Fsp3) is 0.308. The molecule has 4 aromatic rings. The molecule has 2 aromatic heterocycles. The van der Waals surface area contributed by atoms with Crippen LogP contribution in [0, 0.1) is 19.8 Å². The number of anilines is 1. The van der Waals surface area contributed by atoms with Crippen LogP contribution in [-0.2, 0) is 24.1 Å². The zero-order valence-corrected chi connectivity index (χ0v) is 19.8. The van der Waals surface area contributed by atoms with Gasteiger partial charge in [0.25, 0.3) is 0 Å². The Labute approximate surface area is 191 Å². The van der Waals surface area contributed by atoms with Crippen molar-refractivity contribution >= 4 is 43.8 Å². The first-order chi connectivity index (χ1) is 15.0. The number of nitrogens with zero attached hydrogens (tertiary/aromatic N) is 1. The standard InChI is InChI=1S/C26H26N2OS2/c1-15-8-10-17(3)18(12-15)14-23(29)28-26-24(19-11-9-16(2)13-22(19)31-26)25-27-20-6-4-5-7-21(20)30-25/h4-8,10,12,16H,9,11,13-14H2,1-3H3,(H,28,29)/t16-/m1/s1. The van der Waals surface area contributed by atoms with Gasteiger partial charge >= 0.3 is 0 Å². The average molecular weight is 447 g/mol. The van der Waals surface area contributed by atoms with Crippen LogP contribution in [0.2, 0.25) is 0 Å². The predicted octanol–water partition coefficient (Wildman–Crippen LogP) is 6.95. The van der Waals surface area contributed by atoms with E-state index in [0.717, 1.165) is 45.1 Å². The molecule has 0 unspecified atom stereocenters. The summed E-state index contributed by atoms with van der Waals surface area (Å²) >= 11 is 3.47. The summed E-state index contributed by atoms with van der Waals surface area (Å²) in [6, 6.07) is 14.6. The zero-order valence-electron chi connectivity index (χ0n) is 18.1. The Morgan fingerprint density at radius 3 is 2.84 bits per heavy atom. The Morgan fingerprint density at radius 2 is 2.00 bits per heavy atom. The third kappa shape index (κ3) is 4.04. The summed E-state index contributed by atoms with van der Waals surface area (Å²) in [5.41, 5.74) is 7.01. The van der Waals surface area contributed by atoms with Crippen LogP contribution < -0.4 is 5.32 Å². The molecule has 5 heteroatoms. The lowest BCUT2D eigenvalue weighted by molar-refractivity contribution is -0.115. The molecule has 0 fully saturated rings. The predicted molar refractivity (Wildman–Crippen MR) is 132 cm³/mol. The first kappa shape index (κ1) is 20.4. The summed E-state index contributed by atoms with van der Waals surface area (Å²) in [6.45, 7) is 6.46. The number of fused-ring (bicyclic) bond motifs is 2. The second kappa shape index (κ2) is 8.21. The maximum Gasteiger partial charge on any atom is 0.229 e. The summed E-state index contributed by atoms with van der Waals surface area (Å²) in [7, 11) is 0. The lowest BCUT2D eigenvalue weighted by Crippen LogP contribution is -2.15. The topological polar surface area (TPSA) is 42.0 Å². The van der Waals surface area contributed by atoms with E-state index in [1.54, 1.807) is 22.7 Å². The molecule has 5 rings (SSSR count). The molecule has 3 nitrogen and oxygen atoms in total.